The van der Waals surface area contributed by atoms with Crippen molar-refractivity contribution in [1.29, 1.82) is 0 Å². The van der Waals surface area contributed by atoms with Crippen LogP contribution in [0.2, 0.25) is 0 Å². The molecule has 0 unspecified atom stereocenters. The Balaban J connectivity index is 0.00000121. The summed E-state index contributed by atoms with van der Waals surface area (Å²) in [6.45, 7) is 3.60. The Morgan fingerprint density at radius 1 is 1.18 bits per heavy atom. The van der Waals surface area contributed by atoms with Crippen LogP contribution < -0.4 is 5.32 Å². The van der Waals surface area contributed by atoms with Gasteiger partial charge in [0, 0.05) is 36.6 Å². The van der Waals surface area contributed by atoms with Crippen molar-refractivity contribution in [3.63, 3.8) is 0 Å². The quantitative estimate of drug-likeness (QED) is 0.875. The highest BCUT2D eigenvalue weighted by atomic mass is 35.5. The molecule has 3 rings (SSSR count). The predicted octanol–water partition coefficient (Wildman–Crippen LogP) is 3.43. The van der Waals surface area contributed by atoms with Gasteiger partial charge in [0.15, 0.2) is 0 Å². The molecule has 1 aliphatic heterocycles. The predicted molar refractivity (Wildman–Crippen MR) is 93.2 cm³/mol. The first kappa shape index (κ1) is 19.2. The fraction of sp³-hybridized carbons (Fsp3) is 0.333. The third-order valence-electron chi connectivity index (χ3n) is 3.61. The van der Waals surface area contributed by atoms with Crippen LogP contribution in [0.4, 0.5) is 4.39 Å². The molecular weight excluding hydrogens is 346 g/mol. The van der Waals surface area contributed by atoms with Crippen molar-refractivity contribution < 1.29 is 9.50 Å². The topological polar surface area (TPSA) is 35.5 Å². The molecule has 1 atom stereocenters. The summed E-state index contributed by atoms with van der Waals surface area (Å²) in [5.41, 5.74) is 0.648. The lowest BCUT2D eigenvalue weighted by molar-refractivity contribution is 0.197. The number of rotatable bonds is 3. The first-order valence-electron chi connectivity index (χ1n) is 6.72. The second-order valence-corrected chi connectivity index (χ2v) is 5.89. The third kappa shape index (κ3) is 4.12. The van der Waals surface area contributed by atoms with Crippen LogP contribution in [0.25, 0.3) is 0 Å². The van der Waals surface area contributed by atoms with Crippen LogP contribution in [0.5, 0.6) is 5.75 Å². The molecule has 0 spiro atoms. The lowest BCUT2D eigenvalue weighted by atomic mass is 10.0. The van der Waals surface area contributed by atoms with Crippen molar-refractivity contribution in [1.82, 2.24) is 10.2 Å². The van der Waals surface area contributed by atoms with Crippen molar-refractivity contribution in [3.05, 3.63) is 52.0 Å². The number of nitrogens with zero attached hydrogens (tertiary/aromatic N) is 1. The molecule has 1 saturated heterocycles. The fourth-order valence-corrected chi connectivity index (χ4v) is 3.54. The van der Waals surface area contributed by atoms with Crippen LogP contribution in [0, 0.1) is 5.82 Å². The van der Waals surface area contributed by atoms with Gasteiger partial charge in [-0.2, -0.15) is 0 Å². The zero-order valence-corrected chi connectivity index (χ0v) is 14.3. The first-order chi connectivity index (χ1) is 9.75. The molecule has 2 N–H and O–H groups in total. The summed E-state index contributed by atoms with van der Waals surface area (Å²) in [5, 5.41) is 15.5. The summed E-state index contributed by atoms with van der Waals surface area (Å²) in [7, 11) is 0. The van der Waals surface area contributed by atoms with E-state index in [1.807, 2.05) is 17.5 Å². The standard InChI is InChI=1S/C15H17FN2OS.2ClH/c16-11-3-4-13(19)12(10-11)15(14-2-1-9-20-14)18-7-5-17-6-8-18;;/h1-4,9-10,15,17,19H,5-8H2;2*1H/t15-;;/m1../s1. The molecule has 1 aromatic heterocycles. The Bertz CT molecular complexity index is 577. The third-order valence-corrected chi connectivity index (χ3v) is 4.54. The Labute approximate surface area is 146 Å². The van der Waals surface area contributed by atoms with Gasteiger partial charge in [0.1, 0.15) is 11.6 Å². The van der Waals surface area contributed by atoms with Gasteiger partial charge in [0.2, 0.25) is 0 Å². The van der Waals surface area contributed by atoms with E-state index in [0.717, 1.165) is 31.1 Å². The highest BCUT2D eigenvalue weighted by Crippen LogP contribution is 2.36. The summed E-state index contributed by atoms with van der Waals surface area (Å²) < 4.78 is 13.6. The summed E-state index contributed by atoms with van der Waals surface area (Å²) in [6.07, 6.45) is 0. The second kappa shape index (κ2) is 8.70. The lowest BCUT2D eigenvalue weighted by Crippen LogP contribution is -2.45. The number of phenolic OH excluding ortho intramolecular Hbond substituents is 1. The first-order valence-corrected chi connectivity index (χ1v) is 7.60. The van der Waals surface area contributed by atoms with E-state index in [0.29, 0.717) is 5.56 Å². The van der Waals surface area contributed by atoms with Gasteiger partial charge in [-0.05, 0) is 29.6 Å². The van der Waals surface area contributed by atoms with Crippen molar-refractivity contribution >= 4 is 36.2 Å². The molecule has 7 heteroatoms. The Kier molecular flexibility index (Phi) is 7.59. The highest BCUT2D eigenvalue weighted by molar-refractivity contribution is 7.10. The SMILES string of the molecule is Cl.Cl.Oc1ccc(F)cc1[C@H](c1cccs1)N1CCNCC1. The van der Waals surface area contributed by atoms with Gasteiger partial charge in [-0.15, -0.1) is 36.2 Å². The van der Waals surface area contributed by atoms with Crippen molar-refractivity contribution in [2.45, 2.75) is 6.04 Å². The molecule has 0 radical (unpaired) electrons. The molecule has 0 saturated carbocycles. The molecule has 0 aliphatic carbocycles. The number of phenols is 1. The molecule has 2 aromatic rings. The number of hydrogen-bond acceptors (Lipinski definition) is 4. The van der Waals surface area contributed by atoms with Crippen LogP contribution in [-0.2, 0) is 0 Å². The van der Waals surface area contributed by atoms with Gasteiger partial charge in [0.05, 0.1) is 6.04 Å². The van der Waals surface area contributed by atoms with Crippen LogP contribution in [-0.4, -0.2) is 36.2 Å². The molecule has 1 fully saturated rings. The normalized spacial score (nSPS) is 16.4. The molecule has 3 nitrogen and oxygen atoms in total. The van der Waals surface area contributed by atoms with Gasteiger partial charge < -0.3 is 10.4 Å². The number of aromatic hydroxyl groups is 1. The van der Waals surface area contributed by atoms with Gasteiger partial charge in [-0.3, -0.25) is 4.90 Å². The van der Waals surface area contributed by atoms with E-state index in [4.69, 9.17) is 0 Å². The molecule has 1 aromatic carbocycles. The largest absolute Gasteiger partial charge is 0.508 e. The highest BCUT2D eigenvalue weighted by Gasteiger charge is 2.27. The number of thiophene rings is 1. The molecule has 2 heterocycles. The number of benzene rings is 1. The van der Waals surface area contributed by atoms with Gasteiger partial charge in [-0.25, -0.2) is 4.39 Å². The van der Waals surface area contributed by atoms with E-state index in [9.17, 15) is 9.50 Å². The maximum absolute atomic E-state index is 13.6. The van der Waals surface area contributed by atoms with Gasteiger partial charge >= 0.3 is 0 Å². The summed E-state index contributed by atoms with van der Waals surface area (Å²) >= 11 is 1.64. The number of piperazine rings is 1. The van der Waals surface area contributed by atoms with Crippen LogP contribution >= 0.6 is 36.2 Å². The molecule has 22 heavy (non-hydrogen) atoms. The summed E-state index contributed by atoms with van der Waals surface area (Å²) in [5.74, 6) is -0.155. The van der Waals surface area contributed by atoms with E-state index < -0.39 is 0 Å². The zero-order chi connectivity index (χ0) is 13.9. The van der Waals surface area contributed by atoms with E-state index in [1.165, 1.54) is 18.2 Å². The number of halogens is 3. The number of hydrogen-bond donors (Lipinski definition) is 2. The monoisotopic (exact) mass is 364 g/mol. The van der Waals surface area contributed by atoms with Gasteiger partial charge in [-0.1, -0.05) is 6.07 Å². The van der Waals surface area contributed by atoms with Crippen molar-refractivity contribution in [2.75, 3.05) is 26.2 Å². The smallest absolute Gasteiger partial charge is 0.123 e. The van der Waals surface area contributed by atoms with E-state index in [1.54, 1.807) is 11.3 Å². The van der Waals surface area contributed by atoms with Gasteiger partial charge in [0.25, 0.3) is 0 Å². The minimum absolute atomic E-state index is 0. The fourth-order valence-electron chi connectivity index (χ4n) is 2.66. The maximum atomic E-state index is 13.6. The molecule has 0 amide bonds. The van der Waals surface area contributed by atoms with Crippen molar-refractivity contribution in [3.8, 4) is 5.75 Å². The zero-order valence-electron chi connectivity index (χ0n) is 11.9. The van der Waals surface area contributed by atoms with Crippen molar-refractivity contribution in [2.24, 2.45) is 0 Å². The minimum Gasteiger partial charge on any atom is -0.508 e. The maximum Gasteiger partial charge on any atom is 0.123 e. The summed E-state index contributed by atoms with van der Waals surface area (Å²) in [4.78, 5) is 3.42. The van der Waals surface area contributed by atoms with E-state index in [2.05, 4.69) is 10.2 Å². The van der Waals surface area contributed by atoms with Crippen LogP contribution in [0.1, 0.15) is 16.5 Å². The Hall–Kier alpha value is -0.850. The molecule has 0 bridgehead atoms. The molecular formula is C15H19Cl2FN2OS. The van der Waals surface area contributed by atoms with E-state index >= 15 is 0 Å². The lowest BCUT2D eigenvalue weighted by Gasteiger charge is -2.35. The minimum atomic E-state index is -0.311. The summed E-state index contributed by atoms with van der Waals surface area (Å²) in [6, 6.07) is 8.14. The molecule has 122 valence electrons. The van der Waals surface area contributed by atoms with Crippen LogP contribution in [0.15, 0.2) is 35.7 Å². The average molecular weight is 365 g/mol. The Morgan fingerprint density at radius 2 is 1.91 bits per heavy atom. The van der Waals surface area contributed by atoms with Crippen LogP contribution in [0.3, 0.4) is 0 Å². The number of nitrogens with one attached hydrogen (secondary N) is 1. The average Bonchev–Trinajstić information content (AvgIpc) is 2.98. The van der Waals surface area contributed by atoms with E-state index in [-0.39, 0.29) is 42.4 Å². The second-order valence-electron chi connectivity index (χ2n) is 4.91. The Morgan fingerprint density at radius 3 is 2.55 bits per heavy atom. The molecule has 1 aliphatic rings.